The highest BCUT2D eigenvalue weighted by Crippen LogP contribution is 2.26. The fraction of sp³-hybridized carbons (Fsp3) is 0.0769. The van der Waals surface area contributed by atoms with Crippen molar-refractivity contribution >= 4 is 23.2 Å². The Kier molecular flexibility index (Phi) is 3.30. The molecule has 2 rings (SSSR count). The van der Waals surface area contributed by atoms with E-state index in [0.717, 1.165) is 16.1 Å². The van der Waals surface area contributed by atoms with Gasteiger partial charge in [0, 0.05) is 10.9 Å². The Morgan fingerprint density at radius 3 is 2.20 bits per heavy atom. The Morgan fingerprint density at radius 1 is 0.867 bits per heavy atom. The summed E-state index contributed by atoms with van der Waals surface area (Å²) in [5, 5.41) is 0.728. The SMILES string of the molecule is ClCc1ccc(-c2ccccc2)cc1Cl. The van der Waals surface area contributed by atoms with Gasteiger partial charge in [0.15, 0.2) is 0 Å². The normalized spacial score (nSPS) is 10.3. The Bertz CT molecular complexity index is 449. The van der Waals surface area contributed by atoms with Crippen LogP contribution in [0.5, 0.6) is 0 Å². The van der Waals surface area contributed by atoms with Crippen molar-refractivity contribution in [3.8, 4) is 11.1 Å². The van der Waals surface area contributed by atoms with Crippen molar-refractivity contribution in [2.45, 2.75) is 5.88 Å². The zero-order chi connectivity index (χ0) is 10.7. The van der Waals surface area contributed by atoms with Crippen LogP contribution in [0.25, 0.3) is 11.1 Å². The van der Waals surface area contributed by atoms with E-state index in [9.17, 15) is 0 Å². The number of hydrogen-bond acceptors (Lipinski definition) is 0. The fourth-order valence-corrected chi connectivity index (χ4v) is 2.01. The molecular formula is C13H10Cl2. The number of benzene rings is 2. The van der Waals surface area contributed by atoms with E-state index in [-0.39, 0.29) is 0 Å². The van der Waals surface area contributed by atoms with E-state index in [2.05, 4.69) is 12.1 Å². The minimum absolute atomic E-state index is 0.452. The minimum atomic E-state index is 0.452. The van der Waals surface area contributed by atoms with Crippen molar-refractivity contribution in [3.63, 3.8) is 0 Å². The van der Waals surface area contributed by atoms with Gasteiger partial charge in [-0.2, -0.15) is 0 Å². The van der Waals surface area contributed by atoms with Gasteiger partial charge in [-0.25, -0.2) is 0 Å². The number of halogens is 2. The van der Waals surface area contributed by atoms with Crippen LogP contribution >= 0.6 is 23.2 Å². The van der Waals surface area contributed by atoms with Gasteiger partial charge in [0.1, 0.15) is 0 Å². The lowest BCUT2D eigenvalue weighted by Crippen LogP contribution is -1.82. The van der Waals surface area contributed by atoms with Gasteiger partial charge in [-0.15, -0.1) is 11.6 Å². The molecule has 0 unspecified atom stereocenters. The fourth-order valence-electron chi connectivity index (χ4n) is 1.47. The predicted molar refractivity (Wildman–Crippen MR) is 66.4 cm³/mol. The third-order valence-electron chi connectivity index (χ3n) is 2.30. The highest BCUT2D eigenvalue weighted by Gasteiger charge is 2.02. The summed E-state index contributed by atoms with van der Waals surface area (Å²) in [6.07, 6.45) is 0. The second-order valence-electron chi connectivity index (χ2n) is 3.31. The molecule has 0 atom stereocenters. The largest absolute Gasteiger partial charge is 0.121 e. The van der Waals surface area contributed by atoms with Crippen LogP contribution in [0.2, 0.25) is 5.02 Å². The van der Waals surface area contributed by atoms with Crippen molar-refractivity contribution in [2.24, 2.45) is 0 Å². The Labute approximate surface area is 99.5 Å². The lowest BCUT2D eigenvalue weighted by molar-refractivity contribution is 1.40. The van der Waals surface area contributed by atoms with Gasteiger partial charge < -0.3 is 0 Å². The average molecular weight is 237 g/mol. The molecule has 2 aromatic carbocycles. The highest BCUT2D eigenvalue weighted by molar-refractivity contribution is 6.32. The van der Waals surface area contributed by atoms with E-state index >= 15 is 0 Å². The maximum absolute atomic E-state index is 6.09. The molecule has 76 valence electrons. The summed E-state index contributed by atoms with van der Waals surface area (Å²) in [6.45, 7) is 0. The van der Waals surface area contributed by atoms with Gasteiger partial charge in [0.25, 0.3) is 0 Å². The number of alkyl halides is 1. The molecule has 0 aliphatic heterocycles. The monoisotopic (exact) mass is 236 g/mol. The van der Waals surface area contributed by atoms with Crippen LogP contribution in [-0.4, -0.2) is 0 Å². The quantitative estimate of drug-likeness (QED) is 0.661. The van der Waals surface area contributed by atoms with Crippen molar-refractivity contribution in [2.75, 3.05) is 0 Å². The van der Waals surface area contributed by atoms with Crippen molar-refractivity contribution in [3.05, 3.63) is 59.1 Å². The zero-order valence-corrected chi connectivity index (χ0v) is 9.59. The summed E-state index contributed by atoms with van der Waals surface area (Å²) in [5.41, 5.74) is 3.26. The maximum Gasteiger partial charge on any atom is 0.0488 e. The Balaban J connectivity index is 2.43. The van der Waals surface area contributed by atoms with Crippen LogP contribution in [0.4, 0.5) is 0 Å². The van der Waals surface area contributed by atoms with Gasteiger partial charge in [0.2, 0.25) is 0 Å². The molecule has 0 aromatic heterocycles. The molecule has 0 saturated heterocycles. The highest BCUT2D eigenvalue weighted by atomic mass is 35.5. The first-order chi connectivity index (χ1) is 7.31. The summed E-state index contributed by atoms with van der Waals surface area (Å²) in [7, 11) is 0. The van der Waals surface area contributed by atoms with Gasteiger partial charge in [0.05, 0.1) is 0 Å². The summed E-state index contributed by atoms with van der Waals surface area (Å²) >= 11 is 11.8. The van der Waals surface area contributed by atoms with Gasteiger partial charge in [-0.05, 0) is 22.8 Å². The molecule has 0 saturated carbocycles. The number of hydrogen-bond donors (Lipinski definition) is 0. The molecule has 15 heavy (non-hydrogen) atoms. The van der Waals surface area contributed by atoms with Crippen LogP contribution in [-0.2, 0) is 5.88 Å². The molecular weight excluding hydrogens is 227 g/mol. The lowest BCUT2D eigenvalue weighted by Gasteiger charge is -2.04. The predicted octanol–water partition coefficient (Wildman–Crippen LogP) is 4.75. The first kappa shape index (κ1) is 10.5. The summed E-state index contributed by atoms with van der Waals surface area (Å²) in [6, 6.07) is 16.1. The summed E-state index contributed by atoms with van der Waals surface area (Å²) in [5.74, 6) is 0.452. The molecule has 0 N–H and O–H groups in total. The zero-order valence-electron chi connectivity index (χ0n) is 8.08. The third kappa shape index (κ3) is 2.34. The van der Waals surface area contributed by atoms with Crippen molar-refractivity contribution in [1.82, 2.24) is 0 Å². The molecule has 0 radical (unpaired) electrons. The Morgan fingerprint density at radius 2 is 1.60 bits per heavy atom. The third-order valence-corrected chi connectivity index (χ3v) is 2.94. The molecule has 0 aliphatic carbocycles. The average Bonchev–Trinajstić information content (AvgIpc) is 2.30. The second-order valence-corrected chi connectivity index (χ2v) is 3.98. The van der Waals surface area contributed by atoms with E-state index in [1.807, 2.05) is 36.4 Å². The first-order valence-electron chi connectivity index (χ1n) is 4.71. The van der Waals surface area contributed by atoms with E-state index in [4.69, 9.17) is 23.2 Å². The first-order valence-corrected chi connectivity index (χ1v) is 5.62. The topological polar surface area (TPSA) is 0 Å². The van der Waals surface area contributed by atoms with E-state index < -0.39 is 0 Å². The number of rotatable bonds is 2. The van der Waals surface area contributed by atoms with E-state index in [1.54, 1.807) is 0 Å². The standard InChI is InChI=1S/C13H10Cl2/c14-9-12-7-6-11(8-13(12)15)10-4-2-1-3-5-10/h1-8H,9H2. The second kappa shape index (κ2) is 4.69. The summed E-state index contributed by atoms with van der Waals surface area (Å²) in [4.78, 5) is 0. The molecule has 0 aliphatic rings. The maximum atomic E-state index is 6.09. The molecule has 0 spiro atoms. The minimum Gasteiger partial charge on any atom is -0.121 e. The van der Waals surface area contributed by atoms with Crippen molar-refractivity contribution < 1.29 is 0 Å². The van der Waals surface area contributed by atoms with Crippen LogP contribution in [0.15, 0.2) is 48.5 Å². The van der Waals surface area contributed by atoms with Gasteiger partial charge >= 0.3 is 0 Å². The molecule has 0 amide bonds. The van der Waals surface area contributed by atoms with Crippen molar-refractivity contribution in [1.29, 1.82) is 0 Å². The molecule has 2 aromatic rings. The molecule has 2 heteroatoms. The van der Waals surface area contributed by atoms with Gasteiger partial charge in [-0.3, -0.25) is 0 Å². The van der Waals surface area contributed by atoms with E-state index in [1.165, 1.54) is 5.56 Å². The Hall–Kier alpha value is -0.980. The van der Waals surface area contributed by atoms with Crippen LogP contribution in [0.3, 0.4) is 0 Å². The summed E-state index contributed by atoms with van der Waals surface area (Å²) < 4.78 is 0. The smallest absolute Gasteiger partial charge is 0.0488 e. The van der Waals surface area contributed by atoms with Crippen LogP contribution < -0.4 is 0 Å². The van der Waals surface area contributed by atoms with Crippen LogP contribution in [0.1, 0.15) is 5.56 Å². The van der Waals surface area contributed by atoms with E-state index in [0.29, 0.717) is 5.88 Å². The molecule has 0 nitrogen and oxygen atoms in total. The lowest BCUT2D eigenvalue weighted by atomic mass is 10.0. The molecule has 0 heterocycles. The van der Waals surface area contributed by atoms with Crippen LogP contribution in [0, 0.1) is 0 Å². The molecule has 0 fully saturated rings. The molecule has 0 bridgehead atoms. The van der Waals surface area contributed by atoms with Gasteiger partial charge in [-0.1, -0.05) is 54.1 Å².